The van der Waals surface area contributed by atoms with Crippen molar-refractivity contribution in [2.75, 3.05) is 6.26 Å². The van der Waals surface area contributed by atoms with E-state index in [-0.39, 0.29) is 0 Å². The lowest BCUT2D eigenvalue weighted by Gasteiger charge is -2.27. The first-order valence-electron chi connectivity index (χ1n) is 9.31. The molecule has 0 aromatic carbocycles. The average Bonchev–Trinajstić information content (AvgIpc) is 2.58. The van der Waals surface area contributed by atoms with Gasteiger partial charge in [0.25, 0.3) is 0 Å². The molecule has 0 aromatic rings. The third-order valence-electron chi connectivity index (χ3n) is 5.28. The van der Waals surface area contributed by atoms with Gasteiger partial charge in [0.2, 0.25) is 0 Å². The smallest absolute Gasteiger partial charge is 0.431 e. The Kier molecular flexibility index (Phi) is 9.75. The van der Waals surface area contributed by atoms with E-state index < -0.39 is 43.2 Å². The minimum atomic E-state index is -6.96. The van der Waals surface area contributed by atoms with Gasteiger partial charge in [-0.25, -0.2) is 8.42 Å². The molecule has 0 radical (unpaired) electrons. The van der Waals surface area contributed by atoms with Crippen molar-refractivity contribution in [3.63, 3.8) is 0 Å². The normalized spacial score (nSPS) is 23.2. The van der Waals surface area contributed by atoms with E-state index >= 15 is 0 Å². The van der Waals surface area contributed by atoms with Crippen molar-refractivity contribution in [3.05, 3.63) is 0 Å². The van der Waals surface area contributed by atoms with E-state index in [0.717, 1.165) is 18.1 Å². The van der Waals surface area contributed by atoms with Gasteiger partial charge in [-0.2, -0.15) is 25.3 Å². The van der Waals surface area contributed by atoms with Crippen LogP contribution in [-0.2, 0) is 56.2 Å². The Labute approximate surface area is 190 Å². The fourth-order valence-corrected chi connectivity index (χ4v) is 12.7. The van der Waals surface area contributed by atoms with Gasteiger partial charge in [-0.05, 0) is 49.4 Å². The first kappa shape index (κ1) is 29.7. The zero-order valence-corrected chi connectivity index (χ0v) is 21.1. The predicted octanol–water partition coefficient (Wildman–Crippen LogP) is -0.115. The number of rotatable bonds is 6. The topological polar surface area (TPSA) is 237 Å². The summed E-state index contributed by atoms with van der Waals surface area (Å²) in [7, 11) is -26.9. The molecule has 3 N–H and O–H groups in total. The second-order valence-corrected chi connectivity index (χ2v) is 17.7. The highest BCUT2D eigenvalue weighted by Gasteiger charge is 2.71. The third-order valence-corrected chi connectivity index (χ3v) is 18.2. The van der Waals surface area contributed by atoms with Crippen molar-refractivity contribution in [1.29, 1.82) is 0 Å². The number of carbonyl (C=O) groups is 1. The van der Waals surface area contributed by atoms with E-state index in [1.54, 1.807) is 0 Å². The molecule has 2 aliphatic rings. The van der Waals surface area contributed by atoms with Crippen molar-refractivity contribution in [3.8, 4) is 0 Å². The molecule has 0 aromatic heterocycles. The summed E-state index contributed by atoms with van der Waals surface area (Å²) in [6.45, 7) is 0. The second kappa shape index (κ2) is 10.5. The van der Waals surface area contributed by atoms with E-state index in [0.29, 0.717) is 21.9 Å². The second-order valence-electron chi connectivity index (χ2n) is 7.45. The highest BCUT2D eigenvalue weighted by molar-refractivity contribution is 8.35. The van der Waals surface area contributed by atoms with E-state index in [9.17, 15) is 43.0 Å². The highest BCUT2D eigenvalue weighted by atomic mass is 32.4. The third kappa shape index (κ3) is 6.21. The first-order chi connectivity index (χ1) is 14.3. The number of hydrogen-bond acceptors (Lipinski definition) is 10. The van der Waals surface area contributed by atoms with Crippen molar-refractivity contribution >= 4 is 57.2 Å². The van der Waals surface area contributed by atoms with Crippen molar-refractivity contribution in [2.24, 2.45) is 0 Å². The van der Waals surface area contributed by atoms with Crippen LogP contribution in [0, 0.1) is 0 Å². The van der Waals surface area contributed by atoms with Crippen molar-refractivity contribution < 1.29 is 56.7 Å². The molecule has 0 saturated heterocycles. The summed E-state index contributed by atoms with van der Waals surface area (Å²) >= 11 is 0. The molecule has 0 aliphatic heterocycles. The molecule has 0 heterocycles. The van der Waals surface area contributed by atoms with Crippen LogP contribution in [0.3, 0.4) is 0 Å². The Balaban J connectivity index is 0.000000321. The molecular weight excluding hydrogens is 536 g/mol. The van der Waals surface area contributed by atoms with E-state index in [1.807, 2.05) is 0 Å². The summed E-state index contributed by atoms with van der Waals surface area (Å²) < 4.78 is 113. The standard InChI is InChI=1S/C13H23OS.CH4O12S4/c1-15(11-7-3-2-4-8-11)13-10-6-5-9-12(13)14;2-14(3,4)1(15(5,6)7,16(8,9)10)17(11,12)13/h11,13H,2-10H2,1H3;(H,2,3,4)(H,5,6,7)(H,8,9,10)(H,11,12,13)/q+1;/p-1. The van der Waals surface area contributed by atoms with Crippen LogP contribution in [-0.4, -0.2) is 77.2 Å². The quantitative estimate of drug-likeness (QED) is 0.283. The van der Waals surface area contributed by atoms with Crippen LogP contribution >= 0.6 is 0 Å². The summed E-state index contributed by atoms with van der Waals surface area (Å²) in [5, 5.41) is 1.33. The van der Waals surface area contributed by atoms with Crippen LogP contribution in [0.5, 0.6) is 0 Å². The zero-order chi connectivity index (χ0) is 25.2. The Morgan fingerprint density at radius 1 is 0.781 bits per heavy atom. The number of ketones is 1. The largest absolute Gasteiger partial charge is 0.745 e. The molecule has 2 unspecified atom stereocenters. The molecule has 0 bridgehead atoms. The van der Waals surface area contributed by atoms with Gasteiger partial charge in [0.1, 0.15) is 5.25 Å². The number of carbonyl (C=O) groups excluding carboxylic acids is 1. The van der Waals surface area contributed by atoms with Gasteiger partial charge in [0, 0.05) is 12.8 Å². The van der Waals surface area contributed by atoms with Crippen LogP contribution in [0.4, 0.5) is 0 Å². The molecule has 2 atom stereocenters. The van der Waals surface area contributed by atoms with Crippen molar-refractivity contribution in [1.82, 2.24) is 0 Å². The molecule has 2 aliphatic carbocycles. The van der Waals surface area contributed by atoms with Crippen LogP contribution < -0.4 is 0 Å². The maximum absolute atomic E-state index is 11.9. The molecule has 18 heteroatoms. The van der Waals surface area contributed by atoms with Gasteiger partial charge in [0.05, 0.1) is 6.26 Å². The summed E-state index contributed by atoms with van der Waals surface area (Å²) in [4.78, 5) is 11.9. The molecule has 2 saturated carbocycles. The fraction of sp³-hybridized carbons (Fsp3) is 0.929. The van der Waals surface area contributed by atoms with Crippen LogP contribution in [0.15, 0.2) is 0 Å². The zero-order valence-electron chi connectivity index (χ0n) is 17.0. The molecule has 2 rings (SSSR count). The molecular formula is C14H26O13S5. The van der Waals surface area contributed by atoms with Gasteiger partial charge in [0.15, 0.2) is 21.2 Å². The molecule has 32 heavy (non-hydrogen) atoms. The Hall–Kier alpha value is -0.340. The minimum Gasteiger partial charge on any atom is -0.745 e. The lowest BCUT2D eigenvalue weighted by Crippen LogP contribution is -2.57. The molecule has 0 spiro atoms. The van der Waals surface area contributed by atoms with Gasteiger partial charge < -0.3 is 4.55 Å². The molecule has 13 nitrogen and oxygen atoms in total. The van der Waals surface area contributed by atoms with Crippen LogP contribution in [0.25, 0.3) is 0 Å². The van der Waals surface area contributed by atoms with Crippen molar-refractivity contribution in [2.45, 2.75) is 71.0 Å². The van der Waals surface area contributed by atoms with E-state index in [4.69, 9.17) is 13.7 Å². The summed E-state index contributed by atoms with van der Waals surface area (Å²) in [5.41, 5.74) is 0. The monoisotopic (exact) mass is 562 g/mol. The predicted molar refractivity (Wildman–Crippen MR) is 114 cm³/mol. The lowest BCUT2D eigenvalue weighted by molar-refractivity contribution is -0.119. The number of Topliss-reactive ketones (excluding diaryl/α,β-unsaturated/α-hetero) is 1. The Morgan fingerprint density at radius 2 is 1.19 bits per heavy atom. The molecule has 190 valence electrons. The molecule has 2 fully saturated rings. The maximum Gasteiger partial charge on any atom is 0.431 e. The average molecular weight is 563 g/mol. The van der Waals surface area contributed by atoms with Gasteiger partial charge >= 0.3 is 33.1 Å². The Bertz CT molecular complexity index is 966. The summed E-state index contributed by atoms with van der Waals surface area (Å²) in [6.07, 6.45) is 13.9. The van der Waals surface area contributed by atoms with Crippen LogP contribution in [0.2, 0.25) is 0 Å². The van der Waals surface area contributed by atoms with E-state index in [1.165, 1.54) is 44.9 Å². The SMILES string of the molecule is C[S+](C1CCCCC1)C1CCCCC1=O.O=S(=O)([O-])C(S(=O)(=O)O)(S(=O)(=O)O)S(=O)(=O)O. The Morgan fingerprint density at radius 3 is 1.50 bits per heavy atom. The molecule has 0 amide bonds. The first-order valence-corrected chi connectivity index (χ1v) is 16.8. The van der Waals surface area contributed by atoms with E-state index in [2.05, 4.69) is 6.26 Å². The maximum atomic E-state index is 11.9. The minimum absolute atomic E-state index is 0.377. The summed E-state index contributed by atoms with van der Waals surface area (Å²) in [6, 6.07) is 0. The van der Waals surface area contributed by atoms with Gasteiger partial charge in [-0.1, -0.05) is 6.42 Å². The van der Waals surface area contributed by atoms with Gasteiger partial charge in [-0.3, -0.25) is 18.5 Å². The fourth-order valence-electron chi connectivity index (χ4n) is 3.80. The van der Waals surface area contributed by atoms with Crippen LogP contribution in [0.1, 0.15) is 57.8 Å². The highest BCUT2D eigenvalue weighted by Crippen LogP contribution is 2.34. The summed E-state index contributed by atoms with van der Waals surface area (Å²) in [5.74, 6) is 0.581. The van der Waals surface area contributed by atoms with Gasteiger partial charge in [-0.15, -0.1) is 0 Å². The number of hydrogen-bond donors (Lipinski definition) is 3. The lowest BCUT2D eigenvalue weighted by atomic mass is 9.99.